The van der Waals surface area contributed by atoms with E-state index in [1.165, 1.54) is 17.3 Å². The Balaban J connectivity index is 1.53. The lowest BCUT2D eigenvalue weighted by Gasteiger charge is -2.15. The van der Waals surface area contributed by atoms with Gasteiger partial charge in [0.15, 0.2) is 0 Å². The van der Waals surface area contributed by atoms with E-state index in [9.17, 15) is 4.79 Å². The largest absolute Gasteiger partial charge is 0.469 e. The third-order valence-electron chi connectivity index (χ3n) is 4.09. The number of hydrogen-bond acceptors (Lipinski definition) is 6. The maximum atomic E-state index is 12.3. The van der Waals surface area contributed by atoms with Gasteiger partial charge in [-0.25, -0.2) is 0 Å². The highest BCUT2D eigenvalue weighted by atomic mass is 32.2. The number of furan rings is 1. The van der Waals surface area contributed by atoms with Crippen molar-refractivity contribution in [3.05, 3.63) is 54.0 Å². The number of rotatable bonds is 7. The van der Waals surface area contributed by atoms with Crippen LogP contribution in [0.2, 0.25) is 0 Å². The third kappa shape index (κ3) is 4.35. The first-order valence-electron chi connectivity index (χ1n) is 8.42. The summed E-state index contributed by atoms with van der Waals surface area (Å²) < 4.78 is 10.9. The Morgan fingerprint density at radius 2 is 1.96 bits per heavy atom. The first-order chi connectivity index (χ1) is 12.5. The average molecular weight is 371 g/mol. The van der Waals surface area contributed by atoms with E-state index in [4.69, 9.17) is 8.83 Å². The molecule has 3 aromatic rings. The molecule has 0 radical (unpaired) electrons. The number of carbonyl (C=O) groups excluding carboxylic acids is 1. The SMILES string of the molecule is Cc1occc1-c1nnc(SC(C)C(=O)NCC(C)c2ccccc2)o1. The maximum absolute atomic E-state index is 12.3. The van der Waals surface area contributed by atoms with Crippen LogP contribution in [0.3, 0.4) is 0 Å². The molecule has 0 bridgehead atoms. The van der Waals surface area contributed by atoms with Crippen molar-refractivity contribution >= 4 is 17.7 Å². The van der Waals surface area contributed by atoms with Crippen molar-refractivity contribution in [3.63, 3.8) is 0 Å². The van der Waals surface area contributed by atoms with Gasteiger partial charge in [0.05, 0.1) is 17.1 Å². The minimum Gasteiger partial charge on any atom is -0.469 e. The van der Waals surface area contributed by atoms with Gasteiger partial charge in [0.2, 0.25) is 5.91 Å². The lowest BCUT2D eigenvalue weighted by atomic mass is 10.0. The zero-order valence-electron chi connectivity index (χ0n) is 14.9. The van der Waals surface area contributed by atoms with Crippen LogP contribution in [0.15, 0.2) is 56.7 Å². The molecule has 2 unspecified atom stereocenters. The fraction of sp³-hybridized carbons (Fsp3) is 0.316. The van der Waals surface area contributed by atoms with E-state index in [1.807, 2.05) is 32.0 Å². The van der Waals surface area contributed by atoms with Crippen molar-refractivity contribution in [2.75, 3.05) is 6.54 Å². The fourth-order valence-electron chi connectivity index (χ4n) is 2.47. The molecule has 26 heavy (non-hydrogen) atoms. The molecule has 0 saturated heterocycles. The predicted octanol–water partition coefficient (Wildman–Crippen LogP) is 4.04. The number of aromatic nitrogens is 2. The summed E-state index contributed by atoms with van der Waals surface area (Å²) >= 11 is 1.24. The van der Waals surface area contributed by atoms with Gasteiger partial charge < -0.3 is 14.2 Å². The molecule has 0 spiro atoms. The number of amides is 1. The smallest absolute Gasteiger partial charge is 0.277 e. The molecular formula is C19H21N3O3S. The van der Waals surface area contributed by atoms with Gasteiger partial charge >= 0.3 is 0 Å². The highest BCUT2D eigenvalue weighted by molar-refractivity contribution is 8.00. The van der Waals surface area contributed by atoms with Gasteiger partial charge in [0.1, 0.15) is 5.76 Å². The van der Waals surface area contributed by atoms with Crippen LogP contribution in [0.5, 0.6) is 0 Å². The second-order valence-corrected chi connectivity index (χ2v) is 7.37. The monoisotopic (exact) mass is 371 g/mol. The standard InChI is InChI=1S/C19H21N3O3S/c1-12(15-7-5-4-6-8-15)11-20-17(23)14(3)26-19-22-21-18(25-19)16-9-10-24-13(16)2/h4-10,12,14H,11H2,1-3H3,(H,20,23). The summed E-state index contributed by atoms with van der Waals surface area (Å²) in [5, 5.41) is 11.0. The number of aryl methyl sites for hydroxylation is 1. The van der Waals surface area contributed by atoms with E-state index in [0.29, 0.717) is 23.4 Å². The van der Waals surface area contributed by atoms with Gasteiger partial charge in [-0.15, -0.1) is 10.2 Å². The molecule has 136 valence electrons. The third-order valence-corrected chi connectivity index (χ3v) is 5.03. The molecule has 7 heteroatoms. The van der Waals surface area contributed by atoms with Crippen LogP contribution in [0, 0.1) is 6.92 Å². The van der Waals surface area contributed by atoms with Crippen molar-refractivity contribution in [2.45, 2.75) is 37.2 Å². The highest BCUT2D eigenvalue weighted by Crippen LogP contribution is 2.28. The summed E-state index contributed by atoms with van der Waals surface area (Å²) in [5.41, 5.74) is 1.96. The van der Waals surface area contributed by atoms with E-state index in [-0.39, 0.29) is 17.1 Å². The Morgan fingerprint density at radius 3 is 2.65 bits per heavy atom. The van der Waals surface area contributed by atoms with Crippen molar-refractivity contribution in [1.82, 2.24) is 15.5 Å². The van der Waals surface area contributed by atoms with Crippen LogP contribution in [0.25, 0.3) is 11.5 Å². The number of carbonyl (C=O) groups is 1. The van der Waals surface area contributed by atoms with Crippen molar-refractivity contribution in [2.24, 2.45) is 0 Å². The molecule has 1 aromatic carbocycles. The Morgan fingerprint density at radius 1 is 1.19 bits per heavy atom. The number of hydrogen-bond donors (Lipinski definition) is 1. The number of thioether (sulfide) groups is 1. The van der Waals surface area contributed by atoms with Gasteiger partial charge in [-0.3, -0.25) is 4.79 Å². The van der Waals surface area contributed by atoms with Crippen LogP contribution in [-0.2, 0) is 4.79 Å². The van der Waals surface area contributed by atoms with Gasteiger partial charge in [0.25, 0.3) is 11.1 Å². The molecule has 6 nitrogen and oxygen atoms in total. The summed E-state index contributed by atoms with van der Waals surface area (Å²) in [6.45, 7) is 6.32. The predicted molar refractivity (Wildman–Crippen MR) is 99.9 cm³/mol. The molecular weight excluding hydrogens is 350 g/mol. The van der Waals surface area contributed by atoms with E-state index >= 15 is 0 Å². The maximum Gasteiger partial charge on any atom is 0.277 e. The number of nitrogens with one attached hydrogen (secondary N) is 1. The van der Waals surface area contributed by atoms with Gasteiger partial charge in [0, 0.05) is 6.54 Å². The zero-order valence-corrected chi connectivity index (χ0v) is 15.7. The molecule has 0 saturated carbocycles. The molecule has 0 aliphatic heterocycles. The number of nitrogens with zero attached hydrogens (tertiary/aromatic N) is 2. The second-order valence-electron chi connectivity index (χ2n) is 6.08. The summed E-state index contributed by atoms with van der Waals surface area (Å²) in [6.07, 6.45) is 1.58. The summed E-state index contributed by atoms with van der Waals surface area (Å²) in [7, 11) is 0. The minimum absolute atomic E-state index is 0.0583. The first-order valence-corrected chi connectivity index (χ1v) is 9.30. The Bertz CT molecular complexity index is 860. The van der Waals surface area contributed by atoms with Crippen molar-refractivity contribution in [3.8, 4) is 11.5 Å². The van der Waals surface area contributed by atoms with Crippen LogP contribution in [0.4, 0.5) is 0 Å². The fourth-order valence-corrected chi connectivity index (χ4v) is 3.18. The van der Waals surface area contributed by atoms with Crippen LogP contribution >= 0.6 is 11.8 Å². The first kappa shape index (κ1) is 18.3. The highest BCUT2D eigenvalue weighted by Gasteiger charge is 2.20. The Kier molecular flexibility index (Phi) is 5.78. The Hall–Kier alpha value is -2.54. The van der Waals surface area contributed by atoms with Crippen LogP contribution < -0.4 is 5.32 Å². The summed E-state index contributed by atoms with van der Waals surface area (Å²) in [6, 6.07) is 11.9. The van der Waals surface area contributed by atoms with E-state index in [2.05, 4.69) is 34.6 Å². The molecule has 2 aromatic heterocycles. The molecule has 2 heterocycles. The molecule has 1 N–H and O–H groups in total. The second kappa shape index (κ2) is 8.23. The van der Waals surface area contributed by atoms with E-state index in [1.54, 1.807) is 12.3 Å². The summed E-state index contributed by atoms with van der Waals surface area (Å²) in [5.74, 6) is 1.29. The molecule has 1 amide bonds. The quantitative estimate of drug-likeness (QED) is 0.631. The van der Waals surface area contributed by atoms with Gasteiger partial charge in [-0.05, 0) is 31.4 Å². The minimum atomic E-state index is -0.336. The van der Waals surface area contributed by atoms with Crippen molar-refractivity contribution < 1.29 is 13.6 Å². The lowest BCUT2D eigenvalue weighted by Crippen LogP contribution is -2.33. The zero-order chi connectivity index (χ0) is 18.5. The number of benzene rings is 1. The molecule has 3 rings (SSSR count). The molecule has 0 fully saturated rings. The Labute approximate surface area is 156 Å². The van der Waals surface area contributed by atoms with E-state index < -0.39 is 0 Å². The van der Waals surface area contributed by atoms with Crippen LogP contribution in [0.1, 0.15) is 31.1 Å². The van der Waals surface area contributed by atoms with Gasteiger partial charge in [-0.1, -0.05) is 49.0 Å². The molecule has 2 atom stereocenters. The average Bonchev–Trinajstić information content (AvgIpc) is 3.28. The lowest BCUT2D eigenvalue weighted by molar-refractivity contribution is -0.120. The topological polar surface area (TPSA) is 81.2 Å². The normalized spacial score (nSPS) is 13.3. The molecule has 0 aliphatic rings. The molecule has 0 aliphatic carbocycles. The van der Waals surface area contributed by atoms with E-state index in [0.717, 1.165) is 5.56 Å². The van der Waals surface area contributed by atoms with Gasteiger partial charge in [-0.2, -0.15) is 0 Å². The van der Waals surface area contributed by atoms with Crippen LogP contribution in [-0.4, -0.2) is 27.9 Å². The summed E-state index contributed by atoms with van der Waals surface area (Å²) in [4.78, 5) is 12.3. The van der Waals surface area contributed by atoms with Crippen molar-refractivity contribution in [1.29, 1.82) is 0 Å².